The predicted molar refractivity (Wildman–Crippen MR) is 106 cm³/mol. The Hall–Kier alpha value is -1.46. The normalized spacial score (nSPS) is 13.6. The van der Waals surface area contributed by atoms with Crippen molar-refractivity contribution in [2.24, 2.45) is 0 Å². The number of aliphatic hydroxyl groups is 2. The fraction of sp³-hybridized carbons (Fsp3) is 0.429. The van der Waals surface area contributed by atoms with Crippen molar-refractivity contribution >= 4 is 18.7 Å². The minimum absolute atomic E-state index is 0.0372. The summed E-state index contributed by atoms with van der Waals surface area (Å²) in [6.07, 6.45) is 0.999. The van der Waals surface area contributed by atoms with E-state index in [4.69, 9.17) is 4.43 Å². The zero-order valence-corrected chi connectivity index (χ0v) is 16.5. The molecule has 3 nitrogen and oxygen atoms in total. The molecule has 2 aromatic rings. The molecule has 2 rings (SSSR count). The van der Waals surface area contributed by atoms with E-state index >= 15 is 0 Å². The molecule has 2 N–H and O–H groups in total. The molecule has 0 aromatic heterocycles. The van der Waals surface area contributed by atoms with E-state index in [-0.39, 0.29) is 24.4 Å². The highest BCUT2D eigenvalue weighted by Crippen LogP contribution is 2.37. The molecule has 0 fully saturated rings. The molecule has 1 unspecified atom stereocenters. The van der Waals surface area contributed by atoms with Crippen LogP contribution in [0.15, 0.2) is 60.7 Å². The second-order valence-electron chi connectivity index (χ2n) is 7.45. The van der Waals surface area contributed by atoms with Gasteiger partial charge in [0.15, 0.2) is 0 Å². The van der Waals surface area contributed by atoms with Crippen molar-refractivity contribution in [3.8, 4) is 0 Å². The van der Waals surface area contributed by atoms with Gasteiger partial charge in [0.2, 0.25) is 0 Å². The number of hydrogen-bond donors (Lipinski definition) is 2. The second-order valence-corrected chi connectivity index (χ2v) is 11.7. The van der Waals surface area contributed by atoms with E-state index in [1.165, 1.54) is 10.4 Å². The summed E-state index contributed by atoms with van der Waals surface area (Å²) in [5.41, 5.74) is 0. The molecule has 0 amide bonds. The topological polar surface area (TPSA) is 49.7 Å². The van der Waals surface area contributed by atoms with Gasteiger partial charge in [0.25, 0.3) is 8.32 Å². The molecule has 0 aliphatic heterocycles. The van der Waals surface area contributed by atoms with Crippen molar-refractivity contribution in [1.82, 2.24) is 0 Å². The summed E-state index contributed by atoms with van der Waals surface area (Å²) in [7, 11) is -2.62. The van der Waals surface area contributed by atoms with E-state index in [1.54, 1.807) is 0 Å². The van der Waals surface area contributed by atoms with Gasteiger partial charge in [0.05, 0.1) is 12.7 Å². The fourth-order valence-corrected chi connectivity index (χ4v) is 8.15. The van der Waals surface area contributed by atoms with Crippen LogP contribution < -0.4 is 10.4 Å². The average Bonchev–Trinajstić information content (AvgIpc) is 2.62. The molecule has 2 aromatic carbocycles. The van der Waals surface area contributed by atoms with Crippen LogP contribution >= 0.6 is 0 Å². The van der Waals surface area contributed by atoms with E-state index in [0.29, 0.717) is 12.8 Å². The standard InChI is InChI=1S/C21H30O3Si/c1-21(2,3)25(19-12-6-4-7-13-19,20-14-8-5-9-15-20)24-18(17-23)11-10-16-22/h4-9,12-15,18,22-23H,10-11,16-17H2,1-3H3. The van der Waals surface area contributed by atoms with Crippen LogP contribution in [0.1, 0.15) is 33.6 Å². The summed E-state index contributed by atoms with van der Waals surface area (Å²) in [5.74, 6) is 0. The fourth-order valence-electron chi connectivity index (χ4n) is 3.45. The molecule has 136 valence electrons. The van der Waals surface area contributed by atoms with Gasteiger partial charge in [-0.3, -0.25) is 0 Å². The number of aliphatic hydroxyl groups excluding tert-OH is 2. The highest BCUT2D eigenvalue weighted by molar-refractivity contribution is 6.99. The van der Waals surface area contributed by atoms with Crippen LogP contribution in [0.4, 0.5) is 0 Å². The lowest BCUT2D eigenvalue weighted by Gasteiger charge is -2.45. The molecule has 4 heteroatoms. The van der Waals surface area contributed by atoms with Gasteiger partial charge < -0.3 is 14.6 Å². The molecule has 0 saturated heterocycles. The van der Waals surface area contributed by atoms with Gasteiger partial charge in [0.1, 0.15) is 0 Å². The number of benzene rings is 2. The third kappa shape index (κ3) is 4.39. The smallest absolute Gasteiger partial charge is 0.261 e. The summed E-state index contributed by atoms with van der Waals surface area (Å²) < 4.78 is 6.80. The van der Waals surface area contributed by atoms with Crippen molar-refractivity contribution in [3.63, 3.8) is 0 Å². The largest absolute Gasteiger partial charge is 0.402 e. The lowest BCUT2D eigenvalue weighted by atomic mass is 10.2. The van der Waals surface area contributed by atoms with Crippen LogP contribution in [0.3, 0.4) is 0 Å². The average molecular weight is 359 g/mol. The highest BCUT2D eigenvalue weighted by Gasteiger charge is 2.51. The Morgan fingerprint density at radius 2 is 1.36 bits per heavy atom. The summed E-state index contributed by atoms with van der Waals surface area (Å²) in [4.78, 5) is 0. The maximum Gasteiger partial charge on any atom is 0.261 e. The van der Waals surface area contributed by atoms with Crippen molar-refractivity contribution in [2.75, 3.05) is 13.2 Å². The minimum Gasteiger partial charge on any atom is -0.402 e. The summed E-state index contributed by atoms with van der Waals surface area (Å²) in [5, 5.41) is 21.4. The molecule has 25 heavy (non-hydrogen) atoms. The minimum atomic E-state index is -2.62. The molecule has 0 radical (unpaired) electrons. The predicted octanol–water partition coefficient (Wildman–Crippen LogP) is 2.70. The van der Waals surface area contributed by atoms with Gasteiger partial charge in [-0.2, -0.15) is 0 Å². The zero-order chi connectivity index (χ0) is 18.3. The van der Waals surface area contributed by atoms with Gasteiger partial charge >= 0.3 is 0 Å². The first-order valence-electron chi connectivity index (χ1n) is 8.96. The molecular weight excluding hydrogens is 328 g/mol. The van der Waals surface area contributed by atoms with E-state index in [1.807, 2.05) is 12.1 Å². The molecule has 1 atom stereocenters. The van der Waals surface area contributed by atoms with Crippen molar-refractivity contribution < 1.29 is 14.6 Å². The second kappa shape index (κ2) is 8.76. The Balaban J connectivity index is 2.60. The summed E-state index contributed by atoms with van der Waals surface area (Å²) in [6, 6.07) is 20.8. The quantitative estimate of drug-likeness (QED) is 0.714. The highest BCUT2D eigenvalue weighted by atomic mass is 28.4. The van der Waals surface area contributed by atoms with Gasteiger partial charge in [-0.1, -0.05) is 81.4 Å². The summed E-state index contributed by atoms with van der Waals surface area (Å²) >= 11 is 0. The molecular formula is C21H30O3Si. The van der Waals surface area contributed by atoms with Crippen LogP contribution in [-0.2, 0) is 4.43 Å². The van der Waals surface area contributed by atoms with Crippen LogP contribution in [0, 0.1) is 0 Å². The number of rotatable bonds is 8. The monoisotopic (exact) mass is 358 g/mol. The third-order valence-electron chi connectivity index (χ3n) is 4.65. The molecule has 0 aliphatic carbocycles. The molecule has 0 bridgehead atoms. The lowest BCUT2D eigenvalue weighted by Crippen LogP contribution is -2.68. The molecule has 0 saturated carbocycles. The Bertz CT molecular complexity index is 583. The van der Waals surface area contributed by atoms with E-state index in [0.717, 1.165) is 0 Å². The van der Waals surface area contributed by atoms with Crippen molar-refractivity contribution in [3.05, 3.63) is 60.7 Å². The lowest BCUT2D eigenvalue weighted by molar-refractivity contribution is 0.0929. The Kier molecular flexibility index (Phi) is 6.96. The van der Waals surface area contributed by atoms with Gasteiger partial charge in [-0.15, -0.1) is 0 Å². The van der Waals surface area contributed by atoms with Crippen LogP contribution in [0.25, 0.3) is 0 Å². The van der Waals surface area contributed by atoms with Crippen molar-refractivity contribution in [2.45, 2.75) is 44.8 Å². The van der Waals surface area contributed by atoms with Gasteiger partial charge in [-0.05, 0) is 28.3 Å². The van der Waals surface area contributed by atoms with Crippen LogP contribution in [0.5, 0.6) is 0 Å². The maximum atomic E-state index is 9.89. The molecule has 0 heterocycles. The van der Waals surface area contributed by atoms with E-state index in [2.05, 4.69) is 69.3 Å². The van der Waals surface area contributed by atoms with E-state index < -0.39 is 8.32 Å². The van der Waals surface area contributed by atoms with E-state index in [9.17, 15) is 10.2 Å². The maximum absolute atomic E-state index is 9.89. The number of hydrogen-bond acceptors (Lipinski definition) is 3. The first-order chi connectivity index (χ1) is 12.0. The SMILES string of the molecule is CC(C)(C)[Si](OC(CO)CCCO)(c1ccccc1)c1ccccc1. The zero-order valence-electron chi connectivity index (χ0n) is 15.5. The van der Waals surface area contributed by atoms with Gasteiger partial charge in [0, 0.05) is 6.61 Å². The first kappa shape index (κ1) is 19.9. The first-order valence-corrected chi connectivity index (χ1v) is 10.9. The Labute approximate surface area is 152 Å². The molecule has 0 aliphatic rings. The van der Waals surface area contributed by atoms with Crippen molar-refractivity contribution in [1.29, 1.82) is 0 Å². The molecule has 0 spiro atoms. The summed E-state index contributed by atoms with van der Waals surface area (Å²) in [6.45, 7) is 6.74. The van der Waals surface area contributed by atoms with Gasteiger partial charge in [-0.25, -0.2) is 0 Å². The Morgan fingerprint density at radius 3 is 1.72 bits per heavy atom. The third-order valence-corrected chi connectivity index (χ3v) is 9.74. The Morgan fingerprint density at radius 1 is 0.880 bits per heavy atom. The van der Waals surface area contributed by atoms with Crippen LogP contribution in [0.2, 0.25) is 5.04 Å². The van der Waals surface area contributed by atoms with Crippen LogP contribution in [-0.4, -0.2) is 37.8 Å².